The molecule has 2 heterocycles. The number of nitrogens with one attached hydrogen (secondary N) is 2. The summed E-state index contributed by atoms with van der Waals surface area (Å²) in [5, 5.41) is 21.2. The molecule has 1 aromatic heterocycles. The van der Waals surface area contributed by atoms with E-state index in [4.69, 9.17) is 0 Å². The van der Waals surface area contributed by atoms with Crippen LogP contribution in [0.25, 0.3) is 10.9 Å². The Morgan fingerprint density at radius 1 is 1.23 bits per heavy atom. The molecule has 1 aliphatic rings. The van der Waals surface area contributed by atoms with E-state index in [1.54, 1.807) is 18.3 Å². The number of hydrogen-bond donors (Lipinski definition) is 3. The van der Waals surface area contributed by atoms with Crippen molar-refractivity contribution in [3.8, 4) is 0 Å². The van der Waals surface area contributed by atoms with Gasteiger partial charge in [-0.15, -0.1) is 0 Å². The maximum atomic E-state index is 12.7. The molecule has 7 nitrogen and oxygen atoms in total. The fraction of sp³-hybridized carbons (Fsp3) is 0.261. The second-order valence-electron chi connectivity index (χ2n) is 7.72. The molecular formula is C23H24N4O3. The molecule has 0 fully saturated rings. The molecule has 0 bridgehead atoms. The summed E-state index contributed by atoms with van der Waals surface area (Å²) in [6, 6.07) is 14.9. The van der Waals surface area contributed by atoms with Gasteiger partial charge in [-0.25, -0.2) is 0 Å². The Bertz CT molecular complexity index is 1130. The van der Waals surface area contributed by atoms with Gasteiger partial charge in [0.1, 0.15) is 11.3 Å². The van der Waals surface area contributed by atoms with Crippen LogP contribution in [0.1, 0.15) is 31.9 Å². The minimum absolute atomic E-state index is 0.206. The largest absolute Gasteiger partial charge is 0.509 e. The van der Waals surface area contributed by atoms with Gasteiger partial charge in [0.2, 0.25) is 0 Å². The van der Waals surface area contributed by atoms with Crippen LogP contribution in [-0.2, 0) is 16.0 Å². The summed E-state index contributed by atoms with van der Waals surface area (Å²) in [6.07, 6.45) is 2.93. The first kappa shape index (κ1) is 19.7. The molecule has 2 amide bonds. The fourth-order valence-electron chi connectivity index (χ4n) is 3.71. The average Bonchev–Trinajstić information content (AvgIpc) is 3.27. The topological polar surface area (TPSA) is 96.2 Å². The van der Waals surface area contributed by atoms with Crippen LogP contribution >= 0.6 is 0 Å². The summed E-state index contributed by atoms with van der Waals surface area (Å²) in [5.74, 6) is -1.39. The lowest BCUT2D eigenvalue weighted by Gasteiger charge is -2.10. The van der Waals surface area contributed by atoms with Crippen LogP contribution in [0.3, 0.4) is 0 Å². The van der Waals surface area contributed by atoms with E-state index in [1.165, 1.54) is 0 Å². The molecule has 1 atom stereocenters. The Morgan fingerprint density at radius 3 is 2.73 bits per heavy atom. The van der Waals surface area contributed by atoms with Gasteiger partial charge >= 0.3 is 0 Å². The molecule has 3 N–H and O–H groups in total. The smallest absolute Gasteiger partial charge is 0.264 e. The highest BCUT2D eigenvalue weighted by molar-refractivity contribution is 6.24. The number of amides is 2. The van der Waals surface area contributed by atoms with Gasteiger partial charge < -0.3 is 15.7 Å². The number of rotatable bonds is 6. The second kappa shape index (κ2) is 8.02. The van der Waals surface area contributed by atoms with Gasteiger partial charge in [-0.3, -0.25) is 14.3 Å². The summed E-state index contributed by atoms with van der Waals surface area (Å²) < 4.78 is 1.90. The molecule has 0 radical (unpaired) electrons. The lowest BCUT2D eigenvalue weighted by atomic mass is 10.0. The highest BCUT2D eigenvalue weighted by Gasteiger charge is 2.35. The molecule has 4 rings (SSSR count). The van der Waals surface area contributed by atoms with Gasteiger partial charge in [0, 0.05) is 17.1 Å². The summed E-state index contributed by atoms with van der Waals surface area (Å²) in [5.41, 5.74) is 2.38. The third kappa shape index (κ3) is 3.78. The van der Waals surface area contributed by atoms with Crippen molar-refractivity contribution in [2.75, 3.05) is 5.32 Å². The van der Waals surface area contributed by atoms with E-state index in [0.29, 0.717) is 18.5 Å². The van der Waals surface area contributed by atoms with Crippen molar-refractivity contribution < 1.29 is 14.7 Å². The number of aliphatic hydroxyl groups excluding tert-OH is 1. The fourth-order valence-corrected chi connectivity index (χ4v) is 3.71. The Hall–Kier alpha value is -3.61. The molecule has 0 aliphatic carbocycles. The Labute approximate surface area is 174 Å². The van der Waals surface area contributed by atoms with Gasteiger partial charge in [-0.2, -0.15) is 5.10 Å². The summed E-state index contributed by atoms with van der Waals surface area (Å²) in [6.45, 7) is 4.09. The zero-order valence-corrected chi connectivity index (χ0v) is 16.9. The quantitative estimate of drug-likeness (QED) is 0.548. The predicted octanol–water partition coefficient (Wildman–Crippen LogP) is 3.50. The zero-order chi connectivity index (χ0) is 21.3. The molecular weight excluding hydrogens is 380 g/mol. The minimum Gasteiger partial charge on any atom is -0.509 e. The van der Waals surface area contributed by atoms with Crippen LogP contribution in [0.15, 0.2) is 66.1 Å². The molecule has 1 aliphatic heterocycles. The predicted molar refractivity (Wildman–Crippen MR) is 115 cm³/mol. The molecule has 2 aromatic carbocycles. The standard InChI is InChI=1S/C23H24N4O3/c1-14(2)27-19-11-9-17(12-16(19)13-24-27)25-22(29)20-21(28)18(26-23(20)30)10-8-15-6-4-3-5-7-15/h3-7,9,11-14,18,28H,8,10H2,1-2H3,(H,25,29)(H,26,30). The van der Waals surface area contributed by atoms with Crippen molar-refractivity contribution in [2.45, 2.75) is 38.8 Å². The van der Waals surface area contributed by atoms with Gasteiger partial charge in [0.05, 0.1) is 17.8 Å². The number of hydrogen-bond acceptors (Lipinski definition) is 4. The van der Waals surface area contributed by atoms with Crippen LogP contribution in [0.5, 0.6) is 0 Å². The Morgan fingerprint density at radius 2 is 2.00 bits per heavy atom. The number of benzene rings is 2. The van der Waals surface area contributed by atoms with Gasteiger partial charge in [0.25, 0.3) is 11.8 Å². The number of carbonyl (C=O) groups is 2. The van der Waals surface area contributed by atoms with Crippen molar-refractivity contribution >= 4 is 28.4 Å². The number of aliphatic hydroxyl groups is 1. The van der Waals surface area contributed by atoms with Gasteiger partial charge in [-0.05, 0) is 50.5 Å². The first-order chi connectivity index (χ1) is 14.4. The molecule has 3 aromatic rings. The SMILES string of the molecule is CC(C)n1ncc2cc(NC(=O)C3=C(O)C(CCc4ccccc4)NC3=O)ccc21. The average molecular weight is 404 g/mol. The van der Waals surface area contributed by atoms with Crippen molar-refractivity contribution in [3.63, 3.8) is 0 Å². The highest BCUT2D eigenvalue weighted by atomic mass is 16.3. The second-order valence-corrected chi connectivity index (χ2v) is 7.72. The van der Waals surface area contributed by atoms with Crippen LogP contribution in [0.4, 0.5) is 5.69 Å². The number of fused-ring (bicyclic) bond motifs is 1. The Kier molecular flexibility index (Phi) is 5.27. The van der Waals surface area contributed by atoms with Crippen molar-refractivity contribution in [1.82, 2.24) is 15.1 Å². The van der Waals surface area contributed by atoms with Crippen LogP contribution in [0, 0.1) is 0 Å². The zero-order valence-electron chi connectivity index (χ0n) is 16.9. The molecule has 0 saturated heterocycles. The number of anilines is 1. The maximum Gasteiger partial charge on any atom is 0.264 e. The molecule has 7 heteroatoms. The number of aryl methyl sites for hydroxylation is 1. The van der Waals surface area contributed by atoms with E-state index in [-0.39, 0.29) is 17.4 Å². The van der Waals surface area contributed by atoms with E-state index >= 15 is 0 Å². The monoisotopic (exact) mass is 404 g/mol. The van der Waals surface area contributed by atoms with Crippen molar-refractivity contribution in [2.24, 2.45) is 0 Å². The first-order valence-electron chi connectivity index (χ1n) is 10.0. The van der Waals surface area contributed by atoms with E-state index in [9.17, 15) is 14.7 Å². The lowest BCUT2D eigenvalue weighted by molar-refractivity contribution is -0.120. The number of carbonyl (C=O) groups excluding carboxylic acids is 2. The van der Waals surface area contributed by atoms with E-state index in [1.807, 2.05) is 54.9 Å². The summed E-state index contributed by atoms with van der Waals surface area (Å²) in [4.78, 5) is 25.0. The molecule has 0 spiro atoms. The molecule has 30 heavy (non-hydrogen) atoms. The normalized spacial score (nSPS) is 16.4. The van der Waals surface area contributed by atoms with Gasteiger partial charge in [0.15, 0.2) is 0 Å². The van der Waals surface area contributed by atoms with E-state index in [2.05, 4.69) is 15.7 Å². The Balaban J connectivity index is 1.48. The summed E-state index contributed by atoms with van der Waals surface area (Å²) >= 11 is 0. The highest BCUT2D eigenvalue weighted by Crippen LogP contribution is 2.24. The maximum absolute atomic E-state index is 12.7. The lowest BCUT2D eigenvalue weighted by Crippen LogP contribution is -2.30. The van der Waals surface area contributed by atoms with Crippen molar-refractivity contribution in [3.05, 3.63) is 71.6 Å². The first-order valence-corrected chi connectivity index (χ1v) is 10.0. The molecule has 0 saturated carbocycles. The van der Waals surface area contributed by atoms with Crippen molar-refractivity contribution in [1.29, 1.82) is 0 Å². The summed E-state index contributed by atoms with van der Waals surface area (Å²) in [7, 11) is 0. The molecule has 1 unspecified atom stereocenters. The van der Waals surface area contributed by atoms with Crippen LogP contribution < -0.4 is 10.6 Å². The van der Waals surface area contributed by atoms with Crippen LogP contribution in [-0.4, -0.2) is 32.7 Å². The minimum atomic E-state index is -0.622. The van der Waals surface area contributed by atoms with E-state index in [0.717, 1.165) is 16.5 Å². The van der Waals surface area contributed by atoms with Gasteiger partial charge in [-0.1, -0.05) is 30.3 Å². The number of aromatic nitrogens is 2. The number of nitrogens with zero attached hydrogens (tertiary/aromatic N) is 2. The van der Waals surface area contributed by atoms with E-state index < -0.39 is 17.9 Å². The third-order valence-electron chi connectivity index (χ3n) is 5.25. The third-order valence-corrected chi connectivity index (χ3v) is 5.25. The molecule has 154 valence electrons. The van der Waals surface area contributed by atoms with Crippen LogP contribution in [0.2, 0.25) is 0 Å².